The summed E-state index contributed by atoms with van der Waals surface area (Å²) in [6.45, 7) is 2.58. The molecule has 0 bridgehead atoms. The van der Waals surface area contributed by atoms with Gasteiger partial charge < -0.3 is 19.1 Å². The second kappa shape index (κ2) is 8.80. The monoisotopic (exact) mass is 443 g/mol. The molecule has 8 heteroatoms. The van der Waals surface area contributed by atoms with Crippen molar-refractivity contribution < 1.29 is 23.8 Å². The van der Waals surface area contributed by atoms with E-state index in [4.69, 9.17) is 14.2 Å². The molecule has 0 aromatic carbocycles. The molecule has 2 saturated heterocycles. The van der Waals surface area contributed by atoms with Gasteiger partial charge in [-0.1, -0.05) is 12.8 Å². The van der Waals surface area contributed by atoms with Crippen LogP contribution in [0.3, 0.4) is 0 Å². The van der Waals surface area contributed by atoms with Gasteiger partial charge >= 0.3 is 6.01 Å². The number of hydrogen-bond donors (Lipinski definition) is 0. The Morgan fingerprint density at radius 1 is 1.16 bits per heavy atom. The Morgan fingerprint density at radius 2 is 1.94 bits per heavy atom. The first-order valence-electron chi connectivity index (χ1n) is 12.1. The normalized spacial score (nSPS) is 32.6. The molecule has 0 N–H and O–H groups in total. The zero-order chi connectivity index (χ0) is 22.2. The second-order valence-electron chi connectivity index (χ2n) is 9.72. The molecule has 2 aliphatic heterocycles. The molecule has 2 saturated carbocycles. The molecule has 0 radical (unpaired) electrons. The molecule has 32 heavy (non-hydrogen) atoms. The number of hydrogen-bond acceptors (Lipinski definition) is 8. The predicted octanol–water partition coefficient (Wildman–Crippen LogP) is 2.81. The van der Waals surface area contributed by atoms with E-state index in [-0.39, 0.29) is 23.3 Å². The summed E-state index contributed by atoms with van der Waals surface area (Å²) >= 11 is 0. The SMILES string of the molecule is CN1CCC[C@H]1COc1nccc(C(=O)C2CCCC3(CCCCC34OCCO4)C2=O)n1. The van der Waals surface area contributed by atoms with Crippen molar-refractivity contribution >= 4 is 11.6 Å². The van der Waals surface area contributed by atoms with Gasteiger partial charge in [0, 0.05) is 18.7 Å². The zero-order valence-corrected chi connectivity index (χ0v) is 18.9. The fourth-order valence-corrected chi connectivity index (χ4v) is 6.25. The average molecular weight is 444 g/mol. The number of ketones is 2. The van der Waals surface area contributed by atoms with E-state index < -0.39 is 17.1 Å². The number of fused-ring (bicyclic) bond motifs is 1. The van der Waals surface area contributed by atoms with Gasteiger partial charge in [0.15, 0.2) is 17.4 Å². The van der Waals surface area contributed by atoms with Crippen molar-refractivity contribution in [3.05, 3.63) is 18.0 Å². The van der Waals surface area contributed by atoms with Gasteiger partial charge in [-0.05, 0) is 58.2 Å². The van der Waals surface area contributed by atoms with Crippen LogP contribution in [0.15, 0.2) is 12.3 Å². The molecule has 2 spiro atoms. The van der Waals surface area contributed by atoms with Gasteiger partial charge in [0.2, 0.25) is 0 Å². The maximum Gasteiger partial charge on any atom is 0.317 e. The summed E-state index contributed by atoms with van der Waals surface area (Å²) in [5.74, 6) is -1.83. The van der Waals surface area contributed by atoms with E-state index in [1.807, 2.05) is 0 Å². The Balaban J connectivity index is 1.33. The van der Waals surface area contributed by atoms with Crippen LogP contribution in [-0.2, 0) is 14.3 Å². The van der Waals surface area contributed by atoms with Crippen molar-refractivity contribution in [3.8, 4) is 6.01 Å². The smallest absolute Gasteiger partial charge is 0.317 e. The molecular weight excluding hydrogens is 410 g/mol. The molecule has 0 amide bonds. The third-order valence-electron chi connectivity index (χ3n) is 8.01. The first-order chi connectivity index (χ1) is 15.5. The van der Waals surface area contributed by atoms with Crippen LogP contribution in [0.25, 0.3) is 0 Å². The van der Waals surface area contributed by atoms with Crippen LogP contribution in [0.5, 0.6) is 6.01 Å². The minimum absolute atomic E-state index is 0.0241. The lowest BCUT2D eigenvalue weighted by molar-refractivity contribution is -0.255. The largest absolute Gasteiger partial charge is 0.462 e. The minimum atomic E-state index is -0.853. The number of likely N-dealkylation sites (N-methyl/N-ethyl adjacent to an activating group) is 1. The van der Waals surface area contributed by atoms with Crippen LogP contribution in [-0.4, -0.2) is 71.7 Å². The minimum Gasteiger partial charge on any atom is -0.462 e. The molecular formula is C24H33N3O5. The lowest BCUT2D eigenvalue weighted by Crippen LogP contribution is -2.60. The van der Waals surface area contributed by atoms with Crippen molar-refractivity contribution in [1.29, 1.82) is 0 Å². The highest BCUT2D eigenvalue weighted by Gasteiger charge is 2.63. The van der Waals surface area contributed by atoms with Gasteiger partial charge in [-0.2, -0.15) is 4.98 Å². The molecule has 8 nitrogen and oxygen atoms in total. The Morgan fingerprint density at radius 3 is 2.72 bits per heavy atom. The summed E-state index contributed by atoms with van der Waals surface area (Å²) < 4.78 is 18.0. The number of aromatic nitrogens is 2. The third kappa shape index (κ3) is 3.66. The van der Waals surface area contributed by atoms with Crippen molar-refractivity contribution in [2.45, 2.75) is 69.6 Å². The average Bonchev–Trinajstić information content (AvgIpc) is 3.45. The van der Waals surface area contributed by atoms with E-state index in [2.05, 4.69) is 21.9 Å². The maximum absolute atomic E-state index is 13.8. The molecule has 4 fully saturated rings. The molecule has 1 aromatic heterocycles. The quantitative estimate of drug-likeness (QED) is 0.507. The number of carbonyl (C=O) groups excluding carboxylic acids is 2. The van der Waals surface area contributed by atoms with Gasteiger partial charge in [-0.15, -0.1) is 0 Å². The number of nitrogens with zero attached hydrogens (tertiary/aromatic N) is 3. The Kier molecular flexibility index (Phi) is 6.03. The summed E-state index contributed by atoms with van der Waals surface area (Å²) in [5, 5.41) is 0. The van der Waals surface area contributed by atoms with Crippen molar-refractivity contribution in [2.75, 3.05) is 33.4 Å². The van der Waals surface area contributed by atoms with Crippen LogP contribution >= 0.6 is 0 Å². The van der Waals surface area contributed by atoms with Crippen molar-refractivity contribution in [3.63, 3.8) is 0 Å². The zero-order valence-electron chi connectivity index (χ0n) is 18.9. The van der Waals surface area contributed by atoms with E-state index in [1.54, 1.807) is 12.3 Å². The second-order valence-corrected chi connectivity index (χ2v) is 9.72. The first-order valence-corrected chi connectivity index (χ1v) is 12.1. The lowest BCUT2D eigenvalue weighted by atomic mass is 9.57. The maximum atomic E-state index is 13.8. The molecule has 2 unspecified atom stereocenters. The van der Waals surface area contributed by atoms with Gasteiger partial charge in [0.05, 0.1) is 24.5 Å². The molecule has 174 valence electrons. The number of rotatable bonds is 5. The third-order valence-corrected chi connectivity index (χ3v) is 8.01. The molecule has 1 aromatic rings. The number of likely N-dealkylation sites (tertiary alicyclic amines) is 1. The number of ether oxygens (including phenoxy) is 3. The van der Waals surface area contributed by atoms with E-state index in [1.165, 1.54) is 0 Å². The highest BCUT2D eigenvalue weighted by molar-refractivity contribution is 6.12. The topological polar surface area (TPSA) is 90.9 Å². The molecule has 2 aliphatic carbocycles. The fraction of sp³-hybridized carbons (Fsp3) is 0.750. The van der Waals surface area contributed by atoms with Crippen molar-refractivity contribution in [1.82, 2.24) is 14.9 Å². The van der Waals surface area contributed by atoms with Crippen LogP contribution in [0.4, 0.5) is 0 Å². The van der Waals surface area contributed by atoms with Gasteiger partial charge in [-0.25, -0.2) is 4.98 Å². The Labute approximate surface area is 189 Å². The van der Waals surface area contributed by atoms with E-state index in [9.17, 15) is 9.59 Å². The van der Waals surface area contributed by atoms with Crippen molar-refractivity contribution in [2.24, 2.45) is 11.3 Å². The molecule has 3 heterocycles. The predicted molar refractivity (Wildman–Crippen MR) is 115 cm³/mol. The van der Waals surface area contributed by atoms with E-state index in [0.29, 0.717) is 32.3 Å². The highest BCUT2D eigenvalue weighted by atomic mass is 16.7. The summed E-state index contributed by atoms with van der Waals surface area (Å²) in [7, 11) is 2.09. The summed E-state index contributed by atoms with van der Waals surface area (Å²) in [6, 6.07) is 2.13. The number of Topliss-reactive ketones (excluding diaryl/α,β-unsaturated/α-hetero) is 2. The standard InChI is InChI=1S/C24H33N3O5/c1-27-13-5-6-17(27)16-30-22-25-12-8-19(26-22)20(28)18-7-4-10-23(21(18)29)9-2-3-11-24(23)31-14-15-32-24/h8,12,17-18H,2-7,9-11,13-16H2,1H3/t17-,18?,23?/m0/s1. The molecule has 5 rings (SSSR count). The molecule has 4 aliphatic rings. The van der Waals surface area contributed by atoms with Gasteiger partial charge in [-0.3, -0.25) is 9.59 Å². The fourth-order valence-electron chi connectivity index (χ4n) is 6.25. The van der Waals surface area contributed by atoms with Crippen LogP contribution in [0.1, 0.15) is 68.3 Å². The van der Waals surface area contributed by atoms with E-state index in [0.717, 1.165) is 57.9 Å². The Hall–Kier alpha value is -1.90. The highest BCUT2D eigenvalue weighted by Crippen LogP contribution is 2.56. The lowest BCUT2D eigenvalue weighted by Gasteiger charge is -2.51. The Bertz CT molecular complexity index is 867. The first kappa shape index (κ1) is 21.9. The van der Waals surface area contributed by atoms with Crippen LogP contribution in [0.2, 0.25) is 0 Å². The molecule has 3 atom stereocenters. The van der Waals surface area contributed by atoms with Gasteiger partial charge in [0.1, 0.15) is 12.3 Å². The van der Waals surface area contributed by atoms with E-state index >= 15 is 0 Å². The van der Waals surface area contributed by atoms with Crippen LogP contribution in [0, 0.1) is 11.3 Å². The summed E-state index contributed by atoms with van der Waals surface area (Å²) in [6.07, 6.45) is 9.25. The number of carbonyl (C=O) groups is 2. The summed E-state index contributed by atoms with van der Waals surface area (Å²) in [5.41, 5.74) is -0.469. The van der Waals surface area contributed by atoms with Crippen LogP contribution < -0.4 is 4.74 Å². The summed E-state index contributed by atoms with van der Waals surface area (Å²) in [4.78, 5) is 38.1. The van der Waals surface area contributed by atoms with Gasteiger partial charge in [0.25, 0.3) is 0 Å².